The van der Waals surface area contributed by atoms with Gasteiger partial charge in [0.1, 0.15) is 0 Å². The molecule has 0 radical (unpaired) electrons. The largest absolute Gasteiger partial charge is 0.465 e. The molecule has 0 atom stereocenters. The Labute approximate surface area is 116 Å². The summed E-state index contributed by atoms with van der Waals surface area (Å²) < 4.78 is 4.50. The Hall–Kier alpha value is -2.66. The van der Waals surface area contributed by atoms with Gasteiger partial charge in [-0.05, 0) is 24.3 Å². The van der Waals surface area contributed by atoms with Crippen molar-refractivity contribution in [2.45, 2.75) is 0 Å². The van der Waals surface area contributed by atoms with E-state index in [0.29, 0.717) is 11.1 Å². The Bertz CT molecular complexity index is 489. The van der Waals surface area contributed by atoms with Gasteiger partial charge in [-0.3, -0.25) is 0 Å². The molecule has 0 unspecified atom stereocenters. The molecular weight excluding hydrogens is 258 g/mol. The number of esters is 1. The summed E-state index contributed by atoms with van der Waals surface area (Å²) in [5.74, 6) is 3.85. The first-order valence-corrected chi connectivity index (χ1v) is 5.78. The van der Waals surface area contributed by atoms with E-state index >= 15 is 0 Å². The van der Waals surface area contributed by atoms with Gasteiger partial charge in [-0.2, -0.15) is 5.90 Å². The molecule has 104 valence electrons. The number of carbonyl (C=O) groups excluding carboxylic acids is 2. The second kappa shape index (κ2) is 8.44. The van der Waals surface area contributed by atoms with Gasteiger partial charge in [-0.1, -0.05) is 36.4 Å². The Kier molecular flexibility index (Phi) is 6.50. The lowest BCUT2D eigenvalue weighted by Gasteiger charge is -1.95. The van der Waals surface area contributed by atoms with Gasteiger partial charge >= 0.3 is 11.9 Å². The summed E-state index contributed by atoms with van der Waals surface area (Å²) in [4.78, 5) is 25.5. The highest BCUT2D eigenvalue weighted by molar-refractivity contribution is 5.89. The van der Waals surface area contributed by atoms with E-state index in [9.17, 15) is 9.59 Å². The van der Waals surface area contributed by atoms with Gasteiger partial charge in [0.15, 0.2) is 0 Å². The maximum absolute atomic E-state index is 10.8. The highest BCUT2D eigenvalue weighted by Crippen LogP contribution is 1.99. The number of ether oxygens (including phenoxy) is 1. The van der Waals surface area contributed by atoms with Gasteiger partial charge in [0, 0.05) is 0 Å². The van der Waals surface area contributed by atoms with E-state index in [0.717, 1.165) is 0 Å². The average molecular weight is 273 g/mol. The molecule has 0 aliphatic carbocycles. The second-order valence-electron chi connectivity index (χ2n) is 3.63. The Morgan fingerprint density at radius 3 is 1.55 bits per heavy atom. The Morgan fingerprint density at radius 2 is 1.20 bits per heavy atom. The molecule has 2 N–H and O–H groups in total. The van der Waals surface area contributed by atoms with E-state index in [4.69, 9.17) is 0 Å². The van der Waals surface area contributed by atoms with Crippen LogP contribution in [-0.2, 0) is 9.57 Å². The van der Waals surface area contributed by atoms with Crippen LogP contribution in [0.4, 0.5) is 0 Å². The number of carbonyl (C=O) groups is 2. The number of hydrogen-bond acceptors (Lipinski definition) is 5. The van der Waals surface area contributed by atoms with Crippen LogP contribution in [0.3, 0.4) is 0 Å². The van der Waals surface area contributed by atoms with Crippen molar-refractivity contribution in [1.82, 2.24) is 0 Å². The third kappa shape index (κ3) is 4.91. The van der Waals surface area contributed by atoms with Crippen molar-refractivity contribution in [1.29, 1.82) is 0 Å². The fraction of sp³-hybridized carbons (Fsp3) is 0.0667. The molecule has 5 nitrogen and oxygen atoms in total. The SMILES string of the molecule is COC(=O)c1ccccc1.NOC(=O)c1ccccc1. The molecule has 0 saturated heterocycles. The molecular formula is C15H15NO4. The summed E-state index contributed by atoms with van der Waals surface area (Å²) >= 11 is 0. The standard InChI is InChI=1S/C8H8O2.C7H7NO2/c1-10-8(9)7-5-3-2-4-6-7;8-10-7(9)6-4-2-1-3-5-6/h2-6H,1H3;1-5H,8H2. The zero-order chi connectivity index (χ0) is 14.8. The minimum atomic E-state index is -0.513. The summed E-state index contributed by atoms with van der Waals surface area (Å²) in [5, 5.41) is 0. The molecule has 0 aliphatic heterocycles. The molecule has 2 aromatic rings. The van der Waals surface area contributed by atoms with Crippen molar-refractivity contribution in [2.75, 3.05) is 7.11 Å². The first-order chi connectivity index (χ1) is 9.69. The number of benzene rings is 2. The zero-order valence-corrected chi connectivity index (χ0v) is 11.0. The van der Waals surface area contributed by atoms with E-state index in [1.54, 1.807) is 48.5 Å². The number of nitrogens with two attached hydrogens (primary N) is 1. The predicted octanol–water partition coefficient (Wildman–Crippen LogP) is 2.19. The van der Waals surface area contributed by atoms with Crippen molar-refractivity contribution in [3.8, 4) is 0 Å². The summed E-state index contributed by atoms with van der Waals surface area (Å²) in [6, 6.07) is 17.4. The van der Waals surface area contributed by atoms with E-state index in [2.05, 4.69) is 15.5 Å². The minimum Gasteiger partial charge on any atom is -0.465 e. The van der Waals surface area contributed by atoms with Crippen LogP contribution in [0.25, 0.3) is 0 Å². The molecule has 0 aliphatic rings. The molecule has 0 heterocycles. The highest BCUT2D eigenvalue weighted by Gasteiger charge is 2.01. The van der Waals surface area contributed by atoms with Crippen molar-refractivity contribution in [2.24, 2.45) is 5.90 Å². The number of hydrogen-bond donors (Lipinski definition) is 1. The summed E-state index contributed by atoms with van der Waals surface area (Å²) in [7, 11) is 1.37. The van der Waals surface area contributed by atoms with Crippen LogP contribution in [0.5, 0.6) is 0 Å². The smallest absolute Gasteiger partial charge is 0.356 e. The normalized spacial score (nSPS) is 8.90. The Balaban J connectivity index is 0.000000200. The second-order valence-corrected chi connectivity index (χ2v) is 3.63. The van der Waals surface area contributed by atoms with E-state index in [1.807, 2.05) is 12.1 Å². The maximum Gasteiger partial charge on any atom is 0.356 e. The topological polar surface area (TPSA) is 78.6 Å². The van der Waals surface area contributed by atoms with Gasteiger partial charge < -0.3 is 9.57 Å². The first-order valence-electron chi connectivity index (χ1n) is 5.78. The molecule has 0 aromatic heterocycles. The van der Waals surface area contributed by atoms with Gasteiger partial charge in [-0.25, -0.2) is 9.59 Å². The van der Waals surface area contributed by atoms with Gasteiger partial charge in [0.2, 0.25) is 0 Å². The molecule has 0 bridgehead atoms. The van der Waals surface area contributed by atoms with Crippen LogP contribution in [0, 0.1) is 0 Å². The third-order valence-electron chi connectivity index (χ3n) is 2.31. The van der Waals surface area contributed by atoms with Crippen molar-refractivity contribution in [3.63, 3.8) is 0 Å². The number of rotatable bonds is 2. The molecule has 0 spiro atoms. The lowest BCUT2D eigenvalue weighted by atomic mass is 10.2. The summed E-state index contributed by atoms with van der Waals surface area (Å²) in [6.45, 7) is 0. The summed E-state index contributed by atoms with van der Waals surface area (Å²) in [5.41, 5.74) is 1.05. The van der Waals surface area contributed by atoms with Crippen LogP contribution in [-0.4, -0.2) is 19.0 Å². The van der Waals surface area contributed by atoms with Gasteiger partial charge in [0.25, 0.3) is 0 Å². The van der Waals surface area contributed by atoms with Crippen LogP contribution in [0.1, 0.15) is 20.7 Å². The molecule has 5 heteroatoms. The fourth-order valence-electron chi connectivity index (χ4n) is 1.33. The molecule has 20 heavy (non-hydrogen) atoms. The average Bonchev–Trinajstić information content (AvgIpc) is 2.55. The lowest BCUT2D eigenvalue weighted by molar-refractivity contribution is 0.0502. The fourth-order valence-corrected chi connectivity index (χ4v) is 1.33. The van der Waals surface area contributed by atoms with Crippen molar-refractivity contribution in [3.05, 3.63) is 71.8 Å². The van der Waals surface area contributed by atoms with E-state index < -0.39 is 5.97 Å². The third-order valence-corrected chi connectivity index (χ3v) is 2.31. The minimum absolute atomic E-state index is 0.291. The maximum atomic E-state index is 10.8. The van der Waals surface area contributed by atoms with Gasteiger partial charge in [-0.15, -0.1) is 0 Å². The number of methoxy groups -OCH3 is 1. The van der Waals surface area contributed by atoms with Crippen molar-refractivity contribution < 1.29 is 19.2 Å². The summed E-state index contributed by atoms with van der Waals surface area (Å²) in [6.07, 6.45) is 0. The van der Waals surface area contributed by atoms with Gasteiger partial charge in [0.05, 0.1) is 18.2 Å². The molecule has 2 rings (SSSR count). The van der Waals surface area contributed by atoms with Crippen LogP contribution in [0.2, 0.25) is 0 Å². The quantitative estimate of drug-likeness (QED) is 0.670. The Morgan fingerprint density at radius 1 is 0.800 bits per heavy atom. The predicted molar refractivity (Wildman–Crippen MR) is 73.8 cm³/mol. The van der Waals surface area contributed by atoms with E-state index in [1.165, 1.54) is 7.11 Å². The monoisotopic (exact) mass is 273 g/mol. The molecule has 0 saturated carbocycles. The molecule has 2 aromatic carbocycles. The zero-order valence-electron chi connectivity index (χ0n) is 11.0. The molecule has 0 amide bonds. The van der Waals surface area contributed by atoms with Crippen LogP contribution in [0.15, 0.2) is 60.7 Å². The van der Waals surface area contributed by atoms with Crippen molar-refractivity contribution >= 4 is 11.9 Å². The highest BCUT2D eigenvalue weighted by atomic mass is 16.7. The lowest BCUT2D eigenvalue weighted by Crippen LogP contribution is -2.09. The first kappa shape index (κ1) is 15.4. The van der Waals surface area contributed by atoms with Crippen LogP contribution >= 0.6 is 0 Å². The van der Waals surface area contributed by atoms with Crippen LogP contribution < -0.4 is 5.90 Å². The molecule has 0 fully saturated rings. The van der Waals surface area contributed by atoms with E-state index in [-0.39, 0.29) is 5.97 Å².